The highest BCUT2D eigenvalue weighted by Gasteiger charge is 2.17. The van der Waals surface area contributed by atoms with Crippen molar-refractivity contribution in [3.8, 4) is 11.5 Å². The number of rotatable bonds is 6. The van der Waals surface area contributed by atoms with E-state index in [1.165, 1.54) is 13.2 Å². The van der Waals surface area contributed by atoms with E-state index in [0.717, 1.165) is 12.1 Å². The summed E-state index contributed by atoms with van der Waals surface area (Å²) < 4.78 is 37.4. The predicted octanol–water partition coefficient (Wildman–Crippen LogP) is 3.86. The quantitative estimate of drug-likeness (QED) is 0.872. The first kappa shape index (κ1) is 17.7. The summed E-state index contributed by atoms with van der Waals surface area (Å²) in [5, 5.41) is 2.68. The highest BCUT2D eigenvalue weighted by Crippen LogP contribution is 2.28. The molecule has 1 N–H and O–H groups in total. The number of hydrogen-bond donors (Lipinski definition) is 1. The van der Waals surface area contributed by atoms with Gasteiger partial charge in [0.2, 0.25) is 0 Å². The Bertz CT molecular complexity index is 734. The fourth-order valence-electron chi connectivity index (χ4n) is 2.29. The van der Waals surface area contributed by atoms with Crippen molar-refractivity contribution in [2.24, 2.45) is 0 Å². The molecule has 0 heterocycles. The maximum Gasteiger partial charge on any atom is 0.251 e. The number of carbonyl (C=O) groups is 1. The summed E-state index contributed by atoms with van der Waals surface area (Å²) in [7, 11) is 1.48. The van der Waals surface area contributed by atoms with Crippen LogP contribution in [0.5, 0.6) is 11.5 Å². The van der Waals surface area contributed by atoms with E-state index < -0.39 is 23.6 Å². The maximum atomic E-state index is 13.8. The van der Waals surface area contributed by atoms with Crippen LogP contribution in [0, 0.1) is 11.6 Å². The van der Waals surface area contributed by atoms with Crippen LogP contribution in [0.2, 0.25) is 0 Å². The number of hydrogen-bond acceptors (Lipinski definition) is 3. The zero-order valence-corrected chi connectivity index (χ0v) is 13.7. The minimum absolute atomic E-state index is 0.211. The van der Waals surface area contributed by atoms with Crippen LogP contribution in [0.15, 0.2) is 36.4 Å². The third-order valence-corrected chi connectivity index (χ3v) is 3.50. The Morgan fingerprint density at radius 1 is 1.17 bits per heavy atom. The third-order valence-electron chi connectivity index (χ3n) is 3.50. The minimum atomic E-state index is -0.702. The van der Waals surface area contributed by atoms with Gasteiger partial charge in [0, 0.05) is 17.2 Å². The zero-order chi connectivity index (χ0) is 17.7. The second-order valence-electron chi connectivity index (χ2n) is 5.16. The van der Waals surface area contributed by atoms with Crippen LogP contribution in [0.4, 0.5) is 8.78 Å². The second-order valence-corrected chi connectivity index (χ2v) is 5.16. The Morgan fingerprint density at radius 2 is 1.92 bits per heavy atom. The number of carbonyl (C=O) groups excluding carboxylic acids is 1. The Morgan fingerprint density at radius 3 is 2.54 bits per heavy atom. The molecule has 2 aromatic rings. The van der Waals surface area contributed by atoms with E-state index >= 15 is 0 Å². The number of benzene rings is 2. The molecule has 0 saturated heterocycles. The molecule has 1 amide bonds. The summed E-state index contributed by atoms with van der Waals surface area (Å²) in [6, 6.07) is 7.42. The van der Waals surface area contributed by atoms with E-state index in [-0.39, 0.29) is 5.56 Å². The Labute approximate surface area is 139 Å². The van der Waals surface area contributed by atoms with Gasteiger partial charge in [-0.1, -0.05) is 6.07 Å². The molecule has 0 bridgehead atoms. The van der Waals surface area contributed by atoms with Gasteiger partial charge >= 0.3 is 0 Å². The van der Waals surface area contributed by atoms with Crippen molar-refractivity contribution in [1.82, 2.24) is 5.32 Å². The van der Waals surface area contributed by atoms with Crippen LogP contribution in [-0.2, 0) is 0 Å². The van der Waals surface area contributed by atoms with Gasteiger partial charge in [0.1, 0.15) is 11.6 Å². The average molecular weight is 335 g/mol. The average Bonchev–Trinajstić information content (AvgIpc) is 2.55. The summed E-state index contributed by atoms with van der Waals surface area (Å²) in [6.07, 6.45) is 0. The zero-order valence-electron chi connectivity index (χ0n) is 13.7. The molecule has 2 rings (SSSR count). The van der Waals surface area contributed by atoms with Crippen LogP contribution in [0.3, 0.4) is 0 Å². The Balaban J connectivity index is 2.17. The van der Waals surface area contributed by atoms with Crippen molar-refractivity contribution in [3.05, 3.63) is 59.2 Å². The molecule has 0 radical (unpaired) electrons. The summed E-state index contributed by atoms with van der Waals surface area (Å²) in [6.45, 7) is 3.95. The molecular formula is C18H19F2NO3. The summed E-state index contributed by atoms with van der Waals surface area (Å²) in [4.78, 5) is 12.3. The van der Waals surface area contributed by atoms with Gasteiger partial charge in [-0.2, -0.15) is 0 Å². The maximum absolute atomic E-state index is 13.8. The second kappa shape index (κ2) is 7.77. The van der Waals surface area contributed by atoms with E-state index in [0.29, 0.717) is 23.7 Å². The minimum Gasteiger partial charge on any atom is -0.493 e. The van der Waals surface area contributed by atoms with Crippen molar-refractivity contribution < 1.29 is 23.0 Å². The molecule has 0 aromatic heterocycles. The van der Waals surface area contributed by atoms with Gasteiger partial charge in [-0.05, 0) is 38.1 Å². The first-order chi connectivity index (χ1) is 11.5. The SMILES string of the molecule is CCOc1ccc(C(=O)N[C@H](C)c2ccc(F)cc2F)cc1OC. The molecule has 0 aliphatic rings. The van der Waals surface area contributed by atoms with Crippen LogP contribution in [-0.4, -0.2) is 19.6 Å². The molecular weight excluding hydrogens is 316 g/mol. The topological polar surface area (TPSA) is 47.6 Å². The number of methoxy groups -OCH3 is 1. The van der Waals surface area contributed by atoms with Crippen molar-refractivity contribution in [1.29, 1.82) is 0 Å². The van der Waals surface area contributed by atoms with Crippen LogP contribution < -0.4 is 14.8 Å². The van der Waals surface area contributed by atoms with Gasteiger partial charge in [0.15, 0.2) is 11.5 Å². The van der Waals surface area contributed by atoms with Gasteiger partial charge in [0.25, 0.3) is 5.91 Å². The first-order valence-electron chi connectivity index (χ1n) is 7.53. The largest absolute Gasteiger partial charge is 0.493 e. The lowest BCUT2D eigenvalue weighted by atomic mass is 10.1. The molecule has 24 heavy (non-hydrogen) atoms. The first-order valence-corrected chi connectivity index (χ1v) is 7.53. The monoisotopic (exact) mass is 335 g/mol. The Kier molecular flexibility index (Phi) is 5.73. The van der Waals surface area contributed by atoms with Gasteiger partial charge in [0.05, 0.1) is 19.8 Å². The third kappa shape index (κ3) is 4.01. The fraction of sp³-hybridized carbons (Fsp3) is 0.278. The lowest BCUT2D eigenvalue weighted by Gasteiger charge is -2.16. The van der Waals surface area contributed by atoms with Crippen LogP contribution >= 0.6 is 0 Å². The smallest absolute Gasteiger partial charge is 0.251 e. The van der Waals surface area contributed by atoms with Gasteiger partial charge < -0.3 is 14.8 Å². The van der Waals surface area contributed by atoms with Crippen LogP contribution in [0.25, 0.3) is 0 Å². The predicted molar refractivity (Wildman–Crippen MR) is 86.4 cm³/mol. The van der Waals surface area contributed by atoms with E-state index in [1.807, 2.05) is 6.92 Å². The van der Waals surface area contributed by atoms with Crippen molar-refractivity contribution in [2.75, 3.05) is 13.7 Å². The van der Waals surface area contributed by atoms with Crippen molar-refractivity contribution >= 4 is 5.91 Å². The van der Waals surface area contributed by atoms with Crippen molar-refractivity contribution in [3.63, 3.8) is 0 Å². The lowest BCUT2D eigenvalue weighted by molar-refractivity contribution is 0.0939. The van der Waals surface area contributed by atoms with Crippen LogP contribution in [0.1, 0.15) is 35.8 Å². The fourth-order valence-corrected chi connectivity index (χ4v) is 2.29. The molecule has 0 fully saturated rings. The normalized spacial score (nSPS) is 11.7. The Hall–Kier alpha value is -2.63. The molecule has 4 nitrogen and oxygen atoms in total. The molecule has 0 aliphatic carbocycles. The molecule has 6 heteroatoms. The molecule has 0 spiro atoms. The molecule has 2 aromatic carbocycles. The van der Waals surface area contributed by atoms with Gasteiger partial charge in [-0.3, -0.25) is 4.79 Å². The van der Waals surface area contributed by atoms with Crippen molar-refractivity contribution in [2.45, 2.75) is 19.9 Å². The highest BCUT2D eigenvalue weighted by molar-refractivity contribution is 5.95. The lowest BCUT2D eigenvalue weighted by Crippen LogP contribution is -2.27. The summed E-state index contributed by atoms with van der Waals surface area (Å²) >= 11 is 0. The summed E-state index contributed by atoms with van der Waals surface area (Å²) in [5.41, 5.74) is 0.562. The molecule has 0 aliphatic heterocycles. The van der Waals surface area contributed by atoms with E-state index in [4.69, 9.17) is 9.47 Å². The number of nitrogens with one attached hydrogen (secondary N) is 1. The van der Waals surface area contributed by atoms with Gasteiger partial charge in [-0.25, -0.2) is 8.78 Å². The number of halogens is 2. The summed E-state index contributed by atoms with van der Waals surface area (Å²) in [5.74, 6) is -0.787. The van der Waals surface area contributed by atoms with Gasteiger partial charge in [-0.15, -0.1) is 0 Å². The molecule has 0 unspecified atom stereocenters. The van der Waals surface area contributed by atoms with E-state index in [2.05, 4.69) is 5.32 Å². The standard InChI is InChI=1S/C18H19F2NO3/c1-4-24-16-8-5-12(9-17(16)23-3)18(22)21-11(2)14-7-6-13(19)10-15(14)20/h5-11H,4H2,1-3H3,(H,21,22)/t11-/m1/s1. The molecule has 1 atom stereocenters. The molecule has 0 saturated carbocycles. The highest BCUT2D eigenvalue weighted by atomic mass is 19.1. The number of ether oxygens (including phenoxy) is 2. The van der Waals surface area contributed by atoms with E-state index in [9.17, 15) is 13.6 Å². The van der Waals surface area contributed by atoms with E-state index in [1.54, 1.807) is 25.1 Å². The number of amides is 1. The molecule has 128 valence electrons.